The summed E-state index contributed by atoms with van der Waals surface area (Å²) in [5.74, 6) is 0.189. The smallest absolute Gasteiger partial charge is 0.251 e. The van der Waals surface area contributed by atoms with Gasteiger partial charge in [-0.15, -0.1) is 0 Å². The van der Waals surface area contributed by atoms with Crippen LogP contribution in [-0.2, 0) is 16.6 Å². The summed E-state index contributed by atoms with van der Waals surface area (Å²) in [6.07, 6.45) is 1.07. The molecule has 1 fully saturated rings. The number of nitrogens with zero attached hydrogens (tertiary/aromatic N) is 1. The Bertz CT molecular complexity index is 929. The average molecular weight is 416 g/mol. The van der Waals surface area contributed by atoms with E-state index in [0.29, 0.717) is 24.1 Å². The molecular formula is C22H29N3O3S. The highest BCUT2D eigenvalue weighted by molar-refractivity contribution is 7.89. The minimum Gasteiger partial charge on any atom is -0.352 e. The Morgan fingerprint density at radius 1 is 1.14 bits per heavy atom. The second kappa shape index (κ2) is 9.52. The number of sulfonamides is 1. The molecule has 7 heteroatoms. The van der Waals surface area contributed by atoms with E-state index in [9.17, 15) is 13.2 Å². The predicted octanol–water partition coefficient (Wildman–Crippen LogP) is 2.63. The molecule has 0 aliphatic carbocycles. The molecule has 156 valence electrons. The molecule has 2 N–H and O–H groups in total. The Kier molecular flexibility index (Phi) is 7.05. The van der Waals surface area contributed by atoms with E-state index in [-0.39, 0.29) is 17.3 Å². The van der Waals surface area contributed by atoms with Gasteiger partial charge in [0.05, 0.1) is 4.90 Å². The van der Waals surface area contributed by atoms with Crippen LogP contribution in [0.15, 0.2) is 59.5 Å². The minimum absolute atomic E-state index is 0.0907. The highest BCUT2D eigenvalue weighted by atomic mass is 32.2. The van der Waals surface area contributed by atoms with Gasteiger partial charge >= 0.3 is 0 Å². The summed E-state index contributed by atoms with van der Waals surface area (Å²) in [6.45, 7) is 7.20. The van der Waals surface area contributed by atoms with Crippen molar-refractivity contribution in [2.24, 2.45) is 5.92 Å². The van der Waals surface area contributed by atoms with E-state index in [2.05, 4.69) is 28.8 Å². The normalized spacial score (nSPS) is 17.6. The van der Waals surface area contributed by atoms with Crippen molar-refractivity contribution < 1.29 is 13.2 Å². The SMILES string of the molecule is CC(C)N1CCC(CNC(=O)c2cccc(S(=O)(=O)NCc3ccccc3)c2)C1. The first-order valence-corrected chi connectivity index (χ1v) is 11.5. The van der Waals surface area contributed by atoms with Gasteiger partial charge in [0.25, 0.3) is 5.91 Å². The highest BCUT2D eigenvalue weighted by Crippen LogP contribution is 2.18. The first-order valence-electron chi connectivity index (χ1n) is 10.0. The van der Waals surface area contributed by atoms with Gasteiger partial charge in [0.2, 0.25) is 10.0 Å². The summed E-state index contributed by atoms with van der Waals surface area (Å²) < 4.78 is 27.8. The largest absolute Gasteiger partial charge is 0.352 e. The van der Waals surface area contributed by atoms with Crippen LogP contribution in [0.3, 0.4) is 0 Å². The van der Waals surface area contributed by atoms with Crippen LogP contribution in [0.5, 0.6) is 0 Å². The summed E-state index contributed by atoms with van der Waals surface area (Å²) in [5.41, 5.74) is 1.23. The maximum absolute atomic E-state index is 12.6. The number of amides is 1. The molecule has 1 aliphatic heterocycles. The fraction of sp³-hybridized carbons (Fsp3) is 0.409. The van der Waals surface area contributed by atoms with Crippen molar-refractivity contribution in [3.8, 4) is 0 Å². The molecule has 2 aromatic carbocycles. The van der Waals surface area contributed by atoms with Crippen LogP contribution in [0.25, 0.3) is 0 Å². The molecule has 3 rings (SSSR count). The van der Waals surface area contributed by atoms with Crippen molar-refractivity contribution in [3.63, 3.8) is 0 Å². The lowest BCUT2D eigenvalue weighted by Crippen LogP contribution is -2.33. The Balaban J connectivity index is 1.59. The fourth-order valence-electron chi connectivity index (χ4n) is 3.50. The minimum atomic E-state index is -3.70. The van der Waals surface area contributed by atoms with E-state index in [1.807, 2.05) is 30.3 Å². The number of nitrogens with one attached hydrogen (secondary N) is 2. The maximum Gasteiger partial charge on any atom is 0.251 e. The zero-order valence-corrected chi connectivity index (χ0v) is 17.8. The molecule has 1 aliphatic rings. The Morgan fingerprint density at radius 2 is 1.90 bits per heavy atom. The standard InChI is InChI=1S/C22H29N3O3S/c1-17(2)25-12-11-19(16-25)14-23-22(26)20-9-6-10-21(13-20)29(27,28)24-15-18-7-4-3-5-8-18/h3-10,13,17,19,24H,11-12,14-16H2,1-2H3,(H,23,26). The first-order chi connectivity index (χ1) is 13.8. The molecule has 1 amide bonds. The molecule has 29 heavy (non-hydrogen) atoms. The number of benzene rings is 2. The van der Waals surface area contributed by atoms with Gasteiger partial charge in [-0.3, -0.25) is 4.79 Å². The highest BCUT2D eigenvalue weighted by Gasteiger charge is 2.24. The third-order valence-electron chi connectivity index (χ3n) is 5.31. The van der Waals surface area contributed by atoms with Crippen LogP contribution >= 0.6 is 0 Å². The predicted molar refractivity (Wildman–Crippen MR) is 114 cm³/mol. The number of likely N-dealkylation sites (tertiary alicyclic amines) is 1. The first kappa shape index (κ1) is 21.5. The van der Waals surface area contributed by atoms with Gasteiger partial charge in [-0.25, -0.2) is 13.1 Å². The molecule has 1 unspecified atom stereocenters. The third-order valence-corrected chi connectivity index (χ3v) is 6.71. The Morgan fingerprint density at radius 3 is 2.59 bits per heavy atom. The van der Waals surface area contributed by atoms with E-state index in [1.54, 1.807) is 12.1 Å². The summed E-state index contributed by atoms with van der Waals surface area (Å²) in [5, 5.41) is 2.96. The van der Waals surface area contributed by atoms with Gasteiger partial charge in [0.1, 0.15) is 0 Å². The lowest BCUT2D eigenvalue weighted by molar-refractivity contribution is 0.0947. The molecule has 0 radical (unpaired) electrons. The van der Waals surface area contributed by atoms with Crippen molar-refractivity contribution in [1.29, 1.82) is 0 Å². The quantitative estimate of drug-likeness (QED) is 0.695. The van der Waals surface area contributed by atoms with Crippen molar-refractivity contribution in [2.75, 3.05) is 19.6 Å². The number of carbonyl (C=O) groups excluding carboxylic acids is 1. The lowest BCUT2D eigenvalue weighted by Gasteiger charge is -2.20. The summed E-state index contributed by atoms with van der Waals surface area (Å²) in [6, 6.07) is 16.0. The van der Waals surface area contributed by atoms with Crippen LogP contribution < -0.4 is 10.0 Å². The van der Waals surface area contributed by atoms with Crippen molar-refractivity contribution in [2.45, 2.75) is 37.8 Å². The number of hydrogen-bond donors (Lipinski definition) is 2. The molecule has 0 spiro atoms. The van der Waals surface area contributed by atoms with Gasteiger partial charge in [0.15, 0.2) is 0 Å². The van der Waals surface area contributed by atoms with Crippen molar-refractivity contribution in [3.05, 3.63) is 65.7 Å². The van der Waals surface area contributed by atoms with Gasteiger partial charge < -0.3 is 10.2 Å². The van der Waals surface area contributed by atoms with Crippen LogP contribution in [0.1, 0.15) is 36.2 Å². The lowest BCUT2D eigenvalue weighted by atomic mass is 10.1. The third kappa shape index (κ3) is 5.88. The zero-order valence-electron chi connectivity index (χ0n) is 17.0. The summed E-state index contributed by atoms with van der Waals surface area (Å²) >= 11 is 0. The molecule has 0 aromatic heterocycles. The van der Waals surface area contributed by atoms with E-state index >= 15 is 0 Å². The van der Waals surface area contributed by atoms with E-state index < -0.39 is 10.0 Å². The topological polar surface area (TPSA) is 78.5 Å². The van der Waals surface area contributed by atoms with Gasteiger partial charge in [-0.05, 0) is 56.5 Å². The van der Waals surface area contributed by atoms with Crippen molar-refractivity contribution >= 4 is 15.9 Å². The molecule has 0 saturated carbocycles. The van der Waals surface area contributed by atoms with Crippen LogP contribution in [0, 0.1) is 5.92 Å². The summed E-state index contributed by atoms with van der Waals surface area (Å²) in [7, 11) is -3.70. The monoisotopic (exact) mass is 415 g/mol. The Hall–Kier alpha value is -2.22. The second-order valence-corrected chi connectivity index (χ2v) is 9.56. The zero-order chi connectivity index (χ0) is 20.9. The van der Waals surface area contributed by atoms with Gasteiger partial charge in [0, 0.05) is 31.2 Å². The van der Waals surface area contributed by atoms with E-state index in [1.165, 1.54) is 12.1 Å². The molecular weight excluding hydrogens is 386 g/mol. The van der Waals surface area contributed by atoms with Crippen LogP contribution in [0.2, 0.25) is 0 Å². The van der Waals surface area contributed by atoms with Crippen LogP contribution in [-0.4, -0.2) is 44.9 Å². The van der Waals surface area contributed by atoms with E-state index in [4.69, 9.17) is 0 Å². The molecule has 1 heterocycles. The number of hydrogen-bond acceptors (Lipinski definition) is 4. The fourth-order valence-corrected chi connectivity index (χ4v) is 4.56. The molecule has 0 bridgehead atoms. The van der Waals surface area contributed by atoms with Crippen molar-refractivity contribution in [1.82, 2.24) is 14.9 Å². The van der Waals surface area contributed by atoms with Crippen LogP contribution in [0.4, 0.5) is 0 Å². The van der Waals surface area contributed by atoms with Gasteiger partial charge in [-0.2, -0.15) is 0 Å². The second-order valence-electron chi connectivity index (χ2n) is 7.79. The van der Waals surface area contributed by atoms with Gasteiger partial charge in [-0.1, -0.05) is 36.4 Å². The molecule has 1 atom stereocenters. The molecule has 1 saturated heterocycles. The maximum atomic E-state index is 12.6. The molecule has 6 nitrogen and oxygen atoms in total. The number of rotatable bonds is 8. The average Bonchev–Trinajstić information content (AvgIpc) is 3.21. The summed E-state index contributed by atoms with van der Waals surface area (Å²) in [4.78, 5) is 15.0. The molecule has 2 aromatic rings. The van der Waals surface area contributed by atoms with E-state index in [0.717, 1.165) is 25.1 Å². The Labute approximate surface area is 173 Å². The number of carbonyl (C=O) groups is 1.